The molecule has 140 valence electrons. The summed E-state index contributed by atoms with van der Waals surface area (Å²) in [6, 6.07) is 3.97. The van der Waals surface area contributed by atoms with Crippen LogP contribution in [0, 0.1) is 5.92 Å². The van der Waals surface area contributed by atoms with Crippen LogP contribution in [0.2, 0.25) is 0 Å². The minimum absolute atomic E-state index is 0.123. The van der Waals surface area contributed by atoms with Crippen molar-refractivity contribution in [3.05, 3.63) is 17.8 Å². The highest BCUT2D eigenvalue weighted by atomic mass is 16.5. The Morgan fingerprint density at radius 1 is 1.27 bits per heavy atom. The number of pyridine rings is 1. The van der Waals surface area contributed by atoms with Crippen LogP contribution in [-0.2, 0) is 7.05 Å². The summed E-state index contributed by atoms with van der Waals surface area (Å²) in [4.78, 5) is 17.3. The molecule has 1 amide bonds. The molecule has 1 saturated carbocycles. The van der Waals surface area contributed by atoms with Crippen LogP contribution >= 0.6 is 0 Å². The first-order chi connectivity index (χ1) is 12.6. The second-order valence-corrected chi connectivity index (χ2v) is 7.56. The lowest BCUT2D eigenvalue weighted by molar-refractivity contribution is 0.0925. The van der Waals surface area contributed by atoms with Gasteiger partial charge in [-0.1, -0.05) is 6.92 Å². The van der Waals surface area contributed by atoms with Crippen LogP contribution in [0.4, 0.5) is 0 Å². The monoisotopic (exact) mass is 357 g/mol. The predicted molar refractivity (Wildman–Crippen MR) is 99.3 cm³/mol. The minimum Gasteiger partial charge on any atom is -0.474 e. The van der Waals surface area contributed by atoms with Crippen molar-refractivity contribution in [2.45, 2.75) is 51.2 Å². The first kappa shape index (κ1) is 17.3. The van der Waals surface area contributed by atoms with Gasteiger partial charge in [0.15, 0.2) is 11.3 Å². The molecule has 0 bridgehead atoms. The predicted octanol–water partition coefficient (Wildman–Crippen LogP) is 2.02. The van der Waals surface area contributed by atoms with Crippen molar-refractivity contribution in [3.8, 4) is 5.88 Å². The van der Waals surface area contributed by atoms with Crippen molar-refractivity contribution >= 4 is 16.9 Å². The van der Waals surface area contributed by atoms with E-state index in [0.717, 1.165) is 37.7 Å². The Morgan fingerprint density at radius 2 is 2.08 bits per heavy atom. The fourth-order valence-electron chi connectivity index (χ4n) is 4.01. The third-order valence-electron chi connectivity index (χ3n) is 5.61. The number of hydrogen-bond acceptors (Lipinski definition) is 5. The van der Waals surface area contributed by atoms with Gasteiger partial charge in [-0.25, -0.2) is 4.68 Å². The Morgan fingerprint density at radius 3 is 2.81 bits per heavy atom. The van der Waals surface area contributed by atoms with Gasteiger partial charge in [-0.15, -0.1) is 0 Å². The summed E-state index contributed by atoms with van der Waals surface area (Å²) in [7, 11) is 1.82. The Labute approximate surface area is 153 Å². The standard InChI is InChI=1S/C19H27N5O2/c1-12-4-3-5-15(12)26-16-7-6-14-17(23-24(2)18(14)22-16)19(25)21-13-8-10-20-11-9-13/h6-7,12-13,15,20H,3-5,8-11H2,1-2H3,(H,21,25)/t12-,15-/m1/s1. The molecule has 0 aromatic carbocycles. The van der Waals surface area contributed by atoms with E-state index in [-0.39, 0.29) is 18.1 Å². The second kappa shape index (κ2) is 7.23. The molecule has 2 N–H and O–H groups in total. The molecule has 1 aliphatic carbocycles. The van der Waals surface area contributed by atoms with E-state index in [1.54, 1.807) is 4.68 Å². The van der Waals surface area contributed by atoms with Gasteiger partial charge in [0.1, 0.15) is 6.10 Å². The van der Waals surface area contributed by atoms with E-state index in [2.05, 4.69) is 27.6 Å². The fourth-order valence-corrected chi connectivity index (χ4v) is 4.01. The van der Waals surface area contributed by atoms with Gasteiger partial charge in [0.2, 0.25) is 5.88 Å². The maximum Gasteiger partial charge on any atom is 0.272 e. The number of nitrogens with one attached hydrogen (secondary N) is 2. The maximum atomic E-state index is 12.7. The lowest BCUT2D eigenvalue weighted by Gasteiger charge is -2.23. The van der Waals surface area contributed by atoms with Gasteiger partial charge < -0.3 is 15.4 Å². The number of carbonyl (C=O) groups is 1. The number of carbonyl (C=O) groups excluding carboxylic acids is 1. The van der Waals surface area contributed by atoms with Crippen LogP contribution in [0.15, 0.2) is 12.1 Å². The molecule has 2 aromatic heterocycles. The first-order valence-corrected chi connectivity index (χ1v) is 9.64. The van der Waals surface area contributed by atoms with E-state index in [4.69, 9.17) is 4.74 Å². The summed E-state index contributed by atoms with van der Waals surface area (Å²) in [5, 5.41) is 11.6. The van der Waals surface area contributed by atoms with Crippen LogP contribution in [0.3, 0.4) is 0 Å². The zero-order valence-electron chi connectivity index (χ0n) is 15.5. The van der Waals surface area contributed by atoms with Crippen LogP contribution in [-0.4, -0.2) is 45.9 Å². The van der Waals surface area contributed by atoms with Gasteiger partial charge >= 0.3 is 0 Å². The molecule has 1 aliphatic heterocycles. The third kappa shape index (κ3) is 3.40. The zero-order chi connectivity index (χ0) is 18.1. The van der Waals surface area contributed by atoms with E-state index >= 15 is 0 Å². The van der Waals surface area contributed by atoms with Crippen molar-refractivity contribution < 1.29 is 9.53 Å². The molecule has 4 rings (SSSR count). The van der Waals surface area contributed by atoms with Crippen molar-refractivity contribution in [3.63, 3.8) is 0 Å². The molecule has 0 spiro atoms. The second-order valence-electron chi connectivity index (χ2n) is 7.56. The topological polar surface area (TPSA) is 81.1 Å². The van der Waals surface area contributed by atoms with Gasteiger partial charge in [-0.3, -0.25) is 4.79 Å². The van der Waals surface area contributed by atoms with Crippen LogP contribution < -0.4 is 15.4 Å². The fraction of sp³-hybridized carbons (Fsp3) is 0.632. The van der Waals surface area contributed by atoms with Crippen molar-refractivity contribution in [2.24, 2.45) is 13.0 Å². The van der Waals surface area contributed by atoms with E-state index < -0.39 is 0 Å². The molecule has 7 nitrogen and oxygen atoms in total. The number of piperidine rings is 1. The minimum atomic E-state index is -0.123. The largest absolute Gasteiger partial charge is 0.474 e. The lowest BCUT2D eigenvalue weighted by Crippen LogP contribution is -2.42. The molecule has 3 heterocycles. The molecule has 7 heteroatoms. The quantitative estimate of drug-likeness (QED) is 0.875. The molecular formula is C19H27N5O2. The summed E-state index contributed by atoms with van der Waals surface area (Å²) >= 11 is 0. The van der Waals surface area contributed by atoms with Crippen molar-refractivity contribution in [2.75, 3.05) is 13.1 Å². The number of ether oxygens (including phenoxy) is 1. The van der Waals surface area contributed by atoms with Crippen molar-refractivity contribution in [1.29, 1.82) is 0 Å². The average Bonchev–Trinajstić information content (AvgIpc) is 3.19. The van der Waals surface area contributed by atoms with Gasteiger partial charge in [0.25, 0.3) is 5.91 Å². The van der Waals surface area contributed by atoms with Gasteiger partial charge in [0.05, 0.1) is 5.39 Å². The Balaban J connectivity index is 1.54. The summed E-state index contributed by atoms with van der Waals surface area (Å²) in [5.41, 5.74) is 1.12. The number of nitrogens with zero attached hydrogens (tertiary/aromatic N) is 3. The van der Waals surface area contributed by atoms with E-state index in [1.807, 2.05) is 19.2 Å². The average molecular weight is 357 g/mol. The summed E-state index contributed by atoms with van der Waals surface area (Å²) < 4.78 is 7.75. The van der Waals surface area contributed by atoms with Crippen LogP contribution in [0.25, 0.3) is 11.0 Å². The third-order valence-corrected chi connectivity index (χ3v) is 5.61. The molecule has 2 aromatic rings. The highest BCUT2D eigenvalue weighted by Crippen LogP contribution is 2.29. The molecule has 2 atom stereocenters. The number of fused-ring (bicyclic) bond motifs is 1. The number of hydrogen-bond donors (Lipinski definition) is 2. The van der Waals surface area contributed by atoms with E-state index in [9.17, 15) is 4.79 Å². The molecule has 2 fully saturated rings. The Kier molecular flexibility index (Phi) is 4.80. The summed E-state index contributed by atoms with van der Waals surface area (Å²) in [6.45, 7) is 4.11. The number of aromatic nitrogens is 3. The maximum absolute atomic E-state index is 12.7. The van der Waals surface area contributed by atoms with E-state index in [1.165, 1.54) is 12.8 Å². The Bertz CT molecular complexity index is 797. The number of aryl methyl sites for hydroxylation is 1. The van der Waals surface area contributed by atoms with Gasteiger partial charge in [0, 0.05) is 19.2 Å². The van der Waals surface area contributed by atoms with Gasteiger partial charge in [-0.05, 0) is 57.2 Å². The highest BCUT2D eigenvalue weighted by molar-refractivity contribution is 6.04. The number of amides is 1. The van der Waals surface area contributed by atoms with Crippen LogP contribution in [0.1, 0.15) is 49.5 Å². The van der Waals surface area contributed by atoms with E-state index in [0.29, 0.717) is 23.1 Å². The molecule has 1 saturated heterocycles. The Hall–Kier alpha value is -2.15. The molecule has 2 aliphatic rings. The normalized spacial score (nSPS) is 24.1. The lowest BCUT2D eigenvalue weighted by atomic mass is 10.1. The zero-order valence-corrected chi connectivity index (χ0v) is 15.5. The van der Waals surface area contributed by atoms with Crippen LogP contribution in [0.5, 0.6) is 5.88 Å². The molecule has 26 heavy (non-hydrogen) atoms. The first-order valence-electron chi connectivity index (χ1n) is 9.64. The highest BCUT2D eigenvalue weighted by Gasteiger charge is 2.26. The molecular weight excluding hydrogens is 330 g/mol. The molecule has 0 unspecified atom stereocenters. The summed E-state index contributed by atoms with van der Waals surface area (Å²) in [5.74, 6) is 1.05. The smallest absolute Gasteiger partial charge is 0.272 e. The number of rotatable bonds is 4. The summed E-state index contributed by atoms with van der Waals surface area (Å²) in [6.07, 6.45) is 5.63. The van der Waals surface area contributed by atoms with Gasteiger partial charge in [-0.2, -0.15) is 10.1 Å². The van der Waals surface area contributed by atoms with Crippen molar-refractivity contribution in [1.82, 2.24) is 25.4 Å². The molecule has 0 radical (unpaired) electrons. The SMILES string of the molecule is C[C@@H]1CCC[C@H]1Oc1ccc2c(C(=O)NC3CCNCC3)nn(C)c2n1.